The summed E-state index contributed by atoms with van der Waals surface area (Å²) < 4.78 is 16.0. The Kier molecular flexibility index (Phi) is 6.26. The fourth-order valence-electron chi connectivity index (χ4n) is 3.27. The third-order valence-corrected chi connectivity index (χ3v) is 4.61. The number of ether oxygens (including phenoxy) is 3. The van der Waals surface area contributed by atoms with Crippen LogP contribution in [0, 0.1) is 0 Å². The lowest BCUT2D eigenvalue weighted by molar-refractivity contribution is -0.134. The van der Waals surface area contributed by atoms with Crippen LogP contribution in [-0.4, -0.2) is 52.3 Å². The lowest BCUT2D eigenvalue weighted by Crippen LogP contribution is -2.33. The molecule has 0 aliphatic carbocycles. The van der Waals surface area contributed by atoms with Gasteiger partial charge in [0.05, 0.1) is 21.3 Å². The molecule has 132 valence electrons. The number of esters is 1. The van der Waals surface area contributed by atoms with Crippen molar-refractivity contribution >= 4 is 5.97 Å². The van der Waals surface area contributed by atoms with Crippen molar-refractivity contribution in [2.24, 2.45) is 0 Å². The molecule has 1 fully saturated rings. The van der Waals surface area contributed by atoms with E-state index in [4.69, 9.17) is 14.2 Å². The molecule has 1 aliphatic rings. The fraction of sp³-hybridized carbons (Fsp3) is 0.526. The van der Waals surface area contributed by atoms with Crippen molar-refractivity contribution in [2.75, 3.05) is 41.5 Å². The van der Waals surface area contributed by atoms with E-state index in [1.807, 2.05) is 0 Å². The number of hydrogen-bond donors (Lipinski definition) is 0. The second-order valence-corrected chi connectivity index (χ2v) is 6.06. The van der Waals surface area contributed by atoms with Crippen LogP contribution in [0.15, 0.2) is 23.8 Å². The molecule has 0 radical (unpaired) electrons. The molecule has 5 nitrogen and oxygen atoms in total. The van der Waals surface area contributed by atoms with Crippen molar-refractivity contribution in [2.45, 2.75) is 25.7 Å². The minimum atomic E-state index is -0.302. The van der Waals surface area contributed by atoms with Crippen LogP contribution >= 0.6 is 0 Å². The molecule has 0 saturated carbocycles. The average molecular weight is 333 g/mol. The molecule has 1 heterocycles. The summed E-state index contributed by atoms with van der Waals surface area (Å²) >= 11 is 0. The molecule has 1 aromatic carbocycles. The lowest BCUT2D eigenvalue weighted by atomic mass is 9.84. The van der Waals surface area contributed by atoms with E-state index >= 15 is 0 Å². The zero-order valence-electron chi connectivity index (χ0n) is 15.2. The van der Waals surface area contributed by atoms with E-state index in [2.05, 4.69) is 31.0 Å². The van der Waals surface area contributed by atoms with Gasteiger partial charge in [0.2, 0.25) is 0 Å². The SMILES string of the molecule is CCc1c(OC)cc(C2CN(C)CCC2=CC(=O)OC)cc1OC. The molecule has 1 unspecified atom stereocenters. The standard InChI is InChI=1S/C19H27NO4/c1-6-15-17(22-3)9-14(10-18(15)23-4)16-12-20(2)8-7-13(16)11-19(21)24-5/h9-11,16H,6-8,12H2,1-5H3. The normalized spacial score (nSPS) is 20.0. The Morgan fingerprint density at radius 1 is 1.25 bits per heavy atom. The first-order chi connectivity index (χ1) is 11.5. The molecular formula is C19H27NO4. The van der Waals surface area contributed by atoms with Crippen LogP contribution in [0.3, 0.4) is 0 Å². The molecule has 0 aromatic heterocycles. The number of likely N-dealkylation sites (tertiary alicyclic amines) is 1. The molecule has 1 aromatic rings. The van der Waals surface area contributed by atoms with E-state index in [0.717, 1.165) is 54.1 Å². The number of carbonyl (C=O) groups is 1. The number of likely N-dealkylation sites (N-methyl/N-ethyl adjacent to an activating group) is 1. The van der Waals surface area contributed by atoms with Crippen LogP contribution in [-0.2, 0) is 16.0 Å². The van der Waals surface area contributed by atoms with Gasteiger partial charge in [-0.15, -0.1) is 0 Å². The number of hydrogen-bond acceptors (Lipinski definition) is 5. The average Bonchev–Trinajstić information content (AvgIpc) is 2.61. The van der Waals surface area contributed by atoms with Crippen LogP contribution < -0.4 is 9.47 Å². The predicted molar refractivity (Wildman–Crippen MR) is 93.9 cm³/mol. The van der Waals surface area contributed by atoms with Crippen molar-refractivity contribution in [1.82, 2.24) is 4.90 Å². The Hall–Kier alpha value is -2.01. The molecule has 0 bridgehead atoms. The van der Waals surface area contributed by atoms with Crippen LogP contribution in [0.25, 0.3) is 0 Å². The van der Waals surface area contributed by atoms with E-state index in [9.17, 15) is 4.79 Å². The van der Waals surface area contributed by atoms with Gasteiger partial charge in [-0.3, -0.25) is 0 Å². The summed E-state index contributed by atoms with van der Waals surface area (Å²) in [4.78, 5) is 14.0. The monoisotopic (exact) mass is 333 g/mol. The Morgan fingerprint density at radius 2 is 1.88 bits per heavy atom. The molecule has 5 heteroatoms. The van der Waals surface area contributed by atoms with Gasteiger partial charge in [0, 0.05) is 30.6 Å². The van der Waals surface area contributed by atoms with Crippen molar-refractivity contribution in [3.05, 3.63) is 34.9 Å². The van der Waals surface area contributed by atoms with Crippen LogP contribution in [0.4, 0.5) is 0 Å². The molecule has 1 aliphatic heterocycles. The largest absolute Gasteiger partial charge is 0.496 e. The Balaban J connectivity index is 2.49. The number of carbonyl (C=O) groups excluding carboxylic acids is 1. The highest BCUT2D eigenvalue weighted by atomic mass is 16.5. The molecular weight excluding hydrogens is 306 g/mol. The topological polar surface area (TPSA) is 48.0 Å². The molecule has 1 saturated heterocycles. The number of piperidine rings is 1. The Labute approximate surface area is 144 Å². The zero-order valence-corrected chi connectivity index (χ0v) is 15.2. The van der Waals surface area contributed by atoms with E-state index in [1.165, 1.54) is 7.11 Å². The lowest BCUT2D eigenvalue weighted by Gasteiger charge is -2.33. The quantitative estimate of drug-likeness (QED) is 0.612. The maximum Gasteiger partial charge on any atom is 0.330 e. The summed E-state index contributed by atoms with van der Waals surface area (Å²) in [6, 6.07) is 4.13. The van der Waals surface area contributed by atoms with Gasteiger partial charge >= 0.3 is 5.97 Å². The highest BCUT2D eigenvalue weighted by molar-refractivity contribution is 5.83. The van der Waals surface area contributed by atoms with E-state index in [0.29, 0.717) is 0 Å². The highest BCUT2D eigenvalue weighted by Crippen LogP contribution is 2.38. The molecule has 1 atom stereocenters. The number of benzene rings is 1. The summed E-state index contributed by atoms with van der Waals surface area (Å²) in [5.74, 6) is 1.48. The first-order valence-electron chi connectivity index (χ1n) is 8.25. The predicted octanol–water partition coefficient (Wildman–Crippen LogP) is 2.78. The fourth-order valence-corrected chi connectivity index (χ4v) is 3.27. The van der Waals surface area contributed by atoms with Gasteiger partial charge in [-0.1, -0.05) is 12.5 Å². The van der Waals surface area contributed by atoms with Gasteiger partial charge in [-0.2, -0.15) is 0 Å². The molecule has 0 N–H and O–H groups in total. The van der Waals surface area contributed by atoms with Crippen molar-refractivity contribution in [3.8, 4) is 11.5 Å². The van der Waals surface area contributed by atoms with Gasteiger partial charge in [0.15, 0.2) is 0 Å². The summed E-state index contributed by atoms with van der Waals surface area (Å²) in [5.41, 5.74) is 3.25. The van der Waals surface area contributed by atoms with E-state index in [-0.39, 0.29) is 11.9 Å². The number of rotatable bonds is 5. The van der Waals surface area contributed by atoms with Crippen LogP contribution in [0.5, 0.6) is 11.5 Å². The van der Waals surface area contributed by atoms with Crippen molar-refractivity contribution in [1.29, 1.82) is 0 Å². The van der Waals surface area contributed by atoms with Gasteiger partial charge in [0.1, 0.15) is 11.5 Å². The van der Waals surface area contributed by atoms with Crippen molar-refractivity contribution in [3.63, 3.8) is 0 Å². The number of methoxy groups -OCH3 is 3. The van der Waals surface area contributed by atoms with Crippen LogP contribution in [0.1, 0.15) is 30.4 Å². The third-order valence-electron chi connectivity index (χ3n) is 4.61. The molecule has 0 amide bonds. The zero-order chi connectivity index (χ0) is 17.7. The smallest absolute Gasteiger partial charge is 0.330 e. The summed E-state index contributed by atoms with van der Waals surface area (Å²) in [7, 11) is 6.86. The minimum Gasteiger partial charge on any atom is -0.496 e. The second kappa shape index (κ2) is 8.20. The van der Waals surface area contributed by atoms with Gasteiger partial charge in [0.25, 0.3) is 0 Å². The first kappa shape index (κ1) is 18.3. The molecule has 24 heavy (non-hydrogen) atoms. The maximum absolute atomic E-state index is 11.7. The molecule has 2 rings (SSSR count). The summed E-state index contributed by atoms with van der Waals surface area (Å²) in [5, 5.41) is 0. The Morgan fingerprint density at radius 3 is 2.38 bits per heavy atom. The van der Waals surface area contributed by atoms with Gasteiger partial charge in [-0.25, -0.2) is 4.79 Å². The van der Waals surface area contributed by atoms with Crippen LogP contribution in [0.2, 0.25) is 0 Å². The Bertz CT molecular complexity index is 599. The van der Waals surface area contributed by atoms with Gasteiger partial charge in [-0.05, 0) is 37.6 Å². The molecule has 0 spiro atoms. The summed E-state index contributed by atoms with van der Waals surface area (Å²) in [6.45, 7) is 3.86. The summed E-state index contributed by atoms with van der Waals surface area (Å²) in [6.07, 6.45) is 3.31. The number of nitrogens with zero attached hydrogens (tertiary/aromatic N) is 1. The maximum atomic E-state index is 11.7. The third kappa shape index (κ3) is 3.90. The highest BCUT2D eigenvalue weighted by Gasteiger charge is 2.26. The first-order valence-corrected chi connectivity index (χ1v) is 8.25. The van der Waals surface area contributed by atoms with E-state index in [1.54, 1.807) is 20.3 Å². The second-order valence-electron chi connectivity index (χ2n) is 6.06. The van der Waals surface area contributed by atoms with E-state index < -0.39 is 0 Å². The van der Waals surface area contributed by atoms with Crippen molar-refractivity contribution < 1.29 is 19.0 Å². The van der Waals surface area contributed by atoms with Gasteiger partial charge < -0.3 is 19.1 Å². The minimum absolute atomic E-state index is 0.122.